The lowest BCUT2D eigenvalue weighted by Crippen LogP contribution is -2.19. The van der Waals surface area contributed by atoms with Crippen molar-refractivity contribution < 1.29 is 4.79 Å². The van der Waals surface area contributed by atoms with Crippen LogP contribution in [0.3, 0.4) is 0 Å². The molecule has 1 aliphatic rings. The van der Waals surface area contributed by atoms with E-state index in [1.807, 2.05) is 30.7 Å². The number of carbonyl (C=O) groups is 1. The molecule has 0 radical (unpaired) electrons. The van der Waals surface area contributed by atoms with Crippen molar-refractivity contribution in [3.8, 4) is 5.69 Å². The molecule has 2 aromatic rings. The molecule has 20 heavy (non-hydrogen) atoms. The SMILES string of the molecule is Cc1nn(-c2cc3c(cc2N)NC(=O)CC3)c(C)c1C. The third-order valence-electron chi connectivity index (χ3n) is 4.03. The standard InChI is InChI=1S/C15H18N4O/c1-8-9(2)18-19(10(8)3)14-6-11-4-5-15(20)17-13(11)7-12(14)16/h6-7H,4-5,16H2,1-3H3,(H,17,20). The maximum Gasteiger partial charge on any atom is 0.224 e. The van der Waals surface area contributed by atoms with Gasteiger partial charge in [-0.3, -0.25) is 4.79 Å². The van der Waals surface area contributed by atoms with Crippen LogP contribution < -0.4 is 11.1 Å². The minimum Gasteiger partial charge on any atom is -0.397 e. The van der Waals surface area contributed by atoms with Gasteiger partial charge in [0.1, 0.15) is 0 Å². The largest absolute Gasteiger partial charge is 0.397 e. The molecule has 0 spiro atoms. The molecule has 2 heterocycles. The molecule has 0 atom stereocenters. The molecule has 104 valence electrons. The van der Waals surface area contributed by atoms with Crippen LogP contribution in [0.25, 0.3) is 5.69 Å². The maximum atomic E-state index is 11.4. The van der Waals surface area contributed by atoms with Gasteiger partial charge in [0.25, 0.3) is 0 Å². The van der Waals surface area contributed by atoms with E-state index in [1.54, 1.807) is 0 Å². The van der Waals surface area contributed by atoms with Crippen molar-refractivity contribution in [1.82, 2.24) is 9.78 Å². The van der Waals surface area contributed by atoms with Crippen LogP contribution in [0.5, 0.6) is 0 Å². The molecule has 0 saturated heterocycles. The van der Waals surface area contributed by atoms with Crippen LogP contribution in [0.2, 0.25) is 0 Å². The number of nitrogen functional groups attached to an aromatic ring is 1. The molecule has 0 fully saturated rings. The van der Waals surface area contributed by atoms with E-state index in [0.29, 0.717) is 12.1 Å². The number of hydrogen-bond donors (Lipinski definition) is 2. The van der Waals surface area contributed by atoms with Gasteiger partial charge in [0.05, 0.1) is 17.1 Å². The molecule has 0 bridgehead atoms. The normalized spacial score (nSPS) is 14.1. The third-order valence-corrected chi connectivity index (χ3v) is 4.03. The predicted molar refractivity (Wildman–Crippen MR) is 79.1 cm³/mol. The molecule has 0 aliphatic carbocycles. The number of nitrogens with zero attached hydrogens (tertiary/aromatic N) is 2. The van der Waals surface area contributed by atoms with Gasteiger partial charge in [0.2, 0.25) is 5.91 Å². The zero-order chi connectivity index (χ0) is 14.4. The first-order chi connectivity index (χ1) is 9.47. The van der Waals surface area contributed by atoms with Gasteiger partial charge in [-0.25, -0.2) is 4.68 Å². The monoisotopic (exact) mass is 270 g/mol. The smallest absolute Gasteiger partial charge is 0.224 e. The van der Waals surface area contributed by atoms with Crippen molar-refractivity contribution in [1.29, 1.82) is 0 Å². The van der Waals surface area contributed by atoms with Crippen LogP contribution >= 0.6 is 0 Å². The van der Waals surface area contributed by atoms with Crippen LogP contribution in [-0.2, 0) is 11.2 Å². The van der Waals surface area contributed by atoms with Crippen LogP contribution in [0.4, 0.5) is 11.4 Å². The highest BCUT2D eigenvalue weighted by molar-refractivity contribution is 5.95. The summed E-state index contributed by atoms with van der Waals surface area (Å²) in [4.78, 5) is 11.4. The Bertz CT molecular complexity index is 715. The fourth-order valence-electron chi connectivity index (χ4n) is 2.57. The number of carbonyl (C=O) groups excluding carboxylic acids is 1. The van der Waals surface area contributed by atoms with Crippen LogP contribution in [0, 0.1) is 20.8 Å². The molecule has 1 amide bonds. The van der Waals surface area contributed by atoms with Gasteiger partial charge in [-0.15, -0.1) is 0 Å². The quantitative estimate of drug-likeness (QED) is 0.781. The Hall–Kier alpha value is -2.30. The molecule has 5 nitrogen and oxygen atoms in total. The number of hydrogen-bond acceptors (Lipinski definition) is 3. The van der Waals surface area contributed by atoms with Crippen LogP contribution in [-0.4, -0.2) is 15.7 Å². The zero-order valence-corrected chi connectivity index (χ0v) is 11.9. The molecular weight excluding hydrogens is 252 g/mol. The van der Waals surface area contributed by atoms with Crippen LogP contribution in [0.1, 0.15) is 28.9 Å². The topological polar surface area (TPSA) is 72.9 Å². The first-order valence-corrected chi connectivity index (χ1v) is 6.73. The van der Waals surface area contributed by atoms with Crippen molar-refractivity contribution in [2.24, 2.45) is 0 Å². The lowest BCUT2D eigenvalue weighted by molar-refractivity contribution is -0.116. The van der Waals surface area contributed by atoms with Crippen molar-refractivity contribution in [2.45, 2.75) is 33.6 Å². The van der Waals surface area contributed by atoms with Gasteiger partial charge >= 0.3 is 0 Å². The molecule has 1 aromatic heterocycles. The number of anilines is 2. The van der Waals surface area contributed by atoms with E-state index in [1.165, 1.54) is 5.56 Å². The summed E-state index contributed by atoms with van der Waals surface area (Å²) < 4.78 is 1.89. The van der Waals surface area contributed by atoms with Crippen molar-refractivity contribution in [2.75, 3.05) is 11.1 Å². The second kappa shape index (κ2) is 4.37. The van der Waals surface area contributed by atoms with E-state index < -0.39 is 0 Å². The van der Waals surface area contributed by atoms with E-state index in [9.17, 15) is 4.79 Å². The van der Waals surface area contributed by atoms with E-state index in [4.69, 9.17) is 5.73 Å². The van der Waals surface area contributed by atoms with Gasteiger partial charge in [-0.05, 0) is 50.5 Å². The molecule has 3 rings (SSSR count). The summed E-state index contributed by atoms with van der Waals surface area (Å²) in [7, 11) is 0. The minimum absolute atomic E-state index is 0.0478. The van der Waals surface area contributed by atoms with Gasteiger partial charge in [0, 0.05) is 17.8 Å². The van der Waals surface area contributed by atoms with Crippen molar-refractivity contribution in [3.05, 3.63) is 34.6 Å². The second-order valence-corrected chi connectivity index (χ2v) is 5.32. The minimum atomic E-state index is 0.0478. The second-order valence-electron chi connectivity index (χ2n) is 5.32. The Balaban J connectivity index is 2.15. The van der Waals surface area contributed by atoms with E-state index >= 15 is 0 Å². The summed E-state index contributed by atoms with van der Waals surface area (Å²) in [6, 6.07) is 3.86. The Morgan fingerprint density at radius 1 is 1.25 bits per heavy atom. The summed E-state index contributed by atoms with van der Waals surface area (Å²) in [6.45, 7) is 6.09. The average Bonchev–Trinajstić information content (AvgIpc) is 2.65. The van der Waals surface area contributed by atoms with Gasteiger partial charge in [0.15, 0.2) is 0 Å². The van der Waals surface area contributed by atoms with Crippen LogP contribution in [0.15, 0.2) is 12.1 Å². The highest BCUT2D eigenvalue weighted by atomic mass is 16.1. The molecule has 3 N–H and O–H groups in total. The van der Waals surface area contributed by atoms with Crippen molar-refractivity contribution in [3.63, 3.8) is 0 Å². The average molecular weight is 270 g/mol. The highest BCUT2D eigenvalue weighted by Crippen LogP contribution is 2.31. The number of rotatable bonds is 1. The summed E-state index contributed by atoms with van der Waals surface area (Å²) in [5.74, 6) is 0.0478. The summed E-state index contributed by atoms with van der Waals surface area (Å²) in [5.41, 5.74) is 12.8. The first-order valence-electron chi connectivity index (χ1n) is 6.73. The van der Waals surface area contributed by atoms with E-state index in [0.717, 1.165) is 34.7 Å². The number of nitrogens with one attached hydrogen (secondary N) is 1. The molecule has 1 aliphatic heterocycles. The number of benzene rings is 1. The Labute approximate surface area is 117 Å². The number of aromatic nitrogens is 2. The maximum absolute atomic E-state index is 11.4. The number of fused-ring (bicyclic) bond motifs is 1. The van der Waals surface area contributed by atoms with Gasteiger partial charge in [-0.1, -0.05) is 0 Å². The van der Waals surface area contributed by atoms with E-state index in [2.05, 4.69) is 17.3 Å². The molecule has 1 aromatic carbocycles. The lowest BCUT2D eigenvalue weighted by atomic mass is 10.0. The summed E-state index contributed by atoms with van der Waals surface area (Å²) in [6.07, 6.45) is 1.26. The summed E-state index contributed by atoms with van der Waals surface area (Å²) in [5, 5.41) is 7.42. The van der Waals surface area contributed by atoms with Crippen molar-refractivity contribution >= 4 is 17.3 Å². The zero-order valence-electron chi connectivity index (χ0n) is 11.9. The number of nitrogens with two attached hydrogens (primary N) is 1. The number of amides is 1. The highest BCUT2D eigenvalue weighted by Gasteiger charge is 2.19. The summed E-state index contributed by atoms with van der Waals surface area (Å²) >= 11 is 0. The van der Waals surface area contributed by atoms with E-state index in [-0.39, 0.29) is 5.91 Å². The lowest BCUT2D eigenvalue weighted by Gasteiger charge is -2.19. The molecule has 0 unspecified atom stereocenters. The Morgan fingerprint density at radius 2 is 2.00 bits per heavy atom. The predicted octanol–water partition coefficient (Wildman–Crippen LogP) is 2.26. The molecule has 5 heteroatoms. The Kier molecular flexibility index (Phi) is 2.78. The molecule has 0 saturated carbocycles. The molecular formula is C15H18N4O. The fraction of sp³-hybridized carbons (Fsp3) is 0.333. The fourth-order valence-corrected chi connectivity index (χ4v) is 2.57. The van der Waals surface area contributed by atoms with Gasteiger partial charge in [-0.2, -0.15) is 5.10 Å². The third kappa shape index (κ3) is 1.86. The first kappa shape index (κ1) is 12.7. The van der Waals surface area contributed by atoms with Gasteiger partial charge < -0.3 is 11.1 Å². The Morgan fingerprint density at radius 3 is 2.65 bits per heavy atom. The number of aryl methyl sites for hydroxylation is 2.